The van der Waals surface area contributed by atoms with Gasteiger partial charge in [-0.05, 0) is 44.0 Å². The van der Waals surface area contributed by atoms with Gasteiger partial charge in [-0.2, -0.15) is 20.4 Å². The molecule has 3 heteroatoms. The van der Waals surface area contributed by atoms with Crippen LogP contribution in [0.5, 0.6) is 0 Å². The topological polar surface area (TPSA) is 3.24 Å². The Kier molecular flexibility index (Phi) is 4.91. The summed E-state index contributed by atoms with van der Waals surface area (Å²) in [5, 5.41) is 0. The molecule has 0 bridgehead atoms. The molecule has 0 heterocycles. The van der Waals surface area contributed by atoms with Crippen LogP contribution in [-0.4, -0.2) is 47.8 Å². The molecule has 13 heavy (non-hydrogen) atoms. The first kappa shape index (κ1) is 13.4. The molecule has 0 unspecified atom stereocenters. The highest BCUT2D eigenvalue weighted by Crippen LogP contribution is 2.56. The van der Waals surface area contributed by atoms with E-state index in [4.69, 9.17) is 0 Å². The standard InChI is InChI=1S/C10H25NS2/c1-8-9-10-11(12(2,3)4)13(5,6)7/h8H,1,9-10H2,2-7H3. The van der Waals surface area contributed by atoms with Crippen LogP contribution in [0.15, 0.2) is 12.7 Å². The van der Waals surface area contributed by atoms with Crippen molar-refractivity contribution in [3.8, 4) is 0 Å². The van der Waals surface area contributed by atoms with Crippen molar-refractivity contribution in [3.63, 3.8) is 0 Å². The molecule has 0 aliphatic heterocycles. The van der Waals surface area contributed by atoms with Gasteiger partial charge in [0.05, 0.1) is 0 Å². The van der Waals surface area contributed by atoms with E-state index < -0.39 is 20.4 Å². The molecular weight excluding hydrogens is 198 g/mol. The van der Waals surface area contributed by atoms with Crippen LogP contribution in [-0.2, 0) is 0 Å². The molecule has 0 aromatic heterocycles. The summed E-state index contributed by atoms with van der Waals surface area (Å²) in [6.07, 6.45) is 17.3. The van der Waals surface area contributed by atoms with Gasteiger partial charge in [0.2, 0.25) is 0 Å². The number of hydrogen-bond donors (Lipinski definition) is 0. The van der Waals surface area contributed by atoms with E-state index in [2.05, 4.69) is 47.8 Å². The molecule has 0 spiro atoms. The van der Waals surface area contributed by atoms with Crippen molar-refractivity contribution < 1.29 is 0 Å². The van der Waals surface area contributed by atoms with Crippen molar-refractivity contribution in [1.29, 1.82) is 0 Å². The molecule has 0 N–H and O–H groups in total. The summed E-state index contributed by atoms with van der Waals surface area (Å²) in [5.41, 5.74) is 0. The summed E-state index contributed by atoms with van der Waals surface area (Å²) < 4.78 is 2.68. The predicted molar refractivity (Wildman–Crippen MR) is 72.2 cm³/mol. The number of nitrogens with zero attached hydrogens (tertiary/aromatic N) is 1. The molecule has 0 radical (unpaired) electrons. The Bertz CT molecular complexity index is 151. The second-order valence-electron chi connectivity index (χ2n) is 4.68. The van der Waals surface area contributed by atoms with Crippen LogP contribution >= 0.6 is 20.4 Å². The Morgan fingerprint density at radius 3 is 1.62 bits per heavy atom. The Hall–Kier alpha value is 0.400. The molecule has 0 atom stereocenters. The summed E-state index contributed by atoms with van der Waals surface area (Å²) >= 11 is 0. The van der Waals surface area contributed by atoms with Crippen LogP contribution in [0.3, 0.4) is 0 Å². The van der Waals surface area contributed by atoms with E-state index >= 15 is 0 Å². The van der Waals surface area contributed by atoms with E-state index in [-0.39, 0.29) is 0 Å². The highest BCUT2D eigenvalue weighted by atomic mass is 32.3. The van der Waals surface area contributed by atoms with Gasteiger partial charge in [0, 0.05) is 6.54 Å². The molecular formula is C10H25NS2. The van der Waals surface area contributed by atoms with Gasteiger partial charge in [-0.25, -0.2) is 3.71 Å². The van der Waals surface area contributed by atoms with Gasteiger partial charge >= 0.3 is 0 Å². The molecule has 0 aliphatic carbocycles. The largest absolute Gasteiger partial charge is 0.232 e. The smallest absolute Gasteiger partial charge is 0.0203 e. The molecule has 0 aromatic carbocycles. The van der Waals surface area contributed by atoms with Crippen molar-refractivity contribution in [2.45, 2.75) is 6.42 Å². The lowest BCUT2D eigenvalue weighted by atomic mass is 10.4. The minimum Gasteiger partial charge on any atom is -0.232 e. The maximum atomic E-state index is 3.79. The lowest BCUT2D eigenvalue weighted by molar-refractivity contribution is 0.716. The molecule has 0 saturated carbocycles. The van der Waals surface area contributed by atoms with Gasteiger partial charge in [-0.15, -0.1) is 6.58 Å². The third-order valence-electron chi connectivity index (χ3n) is 1.74. The Morgan fingerprint density at radius 1 is 1.00 bits per heavy atom. The monoisotopic (exact) mass is 223 g/mol. The first-order chi connectivity index (χ1) is 5.69. The highest BCUT2D eigenvalue weighted by molar-refractivity contribution is 8.43. The summed E-state index contributed by atoms with van der Waals surface area (Å²) in [7, 11) is -1.14. The van der Waals surface area contributed by atoms with Crippen LogP contribution < -0.4 is 0 Å². The zero-order chi connectivity index (χ0) is 10.7. The lowest BCUT2D eigenvalue weighted by Gasteiger charge is -2.51. The third kappa shape index (κ3) is 4.99. The molecule has 0 saturated heterocycles. The first-order valence-corrected chi connectivity index (χ1v) is 10.1. The van der Waals surface area contributed by atoms with Gasteiger partial charge < -0.3 is 0 Å². The van der Waals surface area contributed by atoms with Gasteiger partial charge in [-0.1, -0.05) is 6.08 Å². The van der Waals surface area contributed by atoms with Crippen molar-refractivity contribution in [3.05, 3.63) is 12.7 Å². The van der Waals surface area contributed by atoms with Crippen LogP contribution in [0.4, 0.5) is 0 Å². The minimum atomic E-state index is -0.572. The molecule has 0 rings (SSSR count). The van der Waals surface area contributed by atoms with Gasteiger partial charge in [0.25, 0.3) is 0 Å². The number of hydrogen-bond acceptors (Lipinski definition) is 1. The molecule has 1 nitrogen and oxygen atoms in total. The lowest BCUT2D eigenvalue weighted by Crippen LogP contribution is -2.29. The Balaban J connectivity index is 4.47. The van der Waals surface area contributed by atoms with E-state index in [1.807, 2.05) is 6.08 Å². The Morgan fingerprint density at radius 2 is 1.38 bits per heavy atom. The van der Waals surface area contributed by atoms with E-state index in [1.165, 1.54) is 6.54 Å². The summed E-state index contributed by atoms with van der Waals surface area (Å²) in [4.78, 5) is 0. The quantitative estimate of drug-likeness (QED) is 0.648. The zero-order valence-electron chi connectivity index (χ0n) is 9.96. The van der Waals surface area contributed by atoms with E-state index in [0.29, 0.717) is 0 Å². The minimum absolute atomic E-state index is 0.572. The van der Waals surface area contributed by atoms with E-state index in [9.17, 15) is 0 Å². The fourth-order valence-corrected chi connectivity index (χ4v) is 8.09. The average Bonchev–Trinajstić information content (AvgIpc) is 1.81. The fraction of sp³-hybridized carbons (Fsp3) is 0.800. The number of rotatable bonds is 5. The molecule has 0 fully saturated rings. The maximum Gasteiger partial charge on any atom is 0.0203 e. The van der Waals surface area contributed by atoms with Crippen LogP contribution in [0, 0.1) is 0 Å². The van der Waals surface area contributed by atoms with Gasteiger partial charge in [0.1, 0.15) is 0 Å². The highest BCUT2D eigenvalue weighted by Gasteiger charge is 2.23. The van der Waals surface area contributed by atoms with Crippen LogP contribution in [0.25, 0.3) is 0 Å². The average molecular weight is 223 g/mol. The zero-order valence-corrected chi connectivity index (χ0v) is 11.6. The summed E-state index contributed by atoms with van der Waals surface area (Å²) in [5.74, 6) is 0. The molecule has 0 aliphatic rings. The maximum absolute atomic E-state index is 3.79. The summed E-state index contributed by atoms with van der Waals surface area (Å²) in [6, 6.07) is 0. The van der Waals surface area contributed by atoms with Gasteiger partial charge in [0.15, 0.2) is 0 Å². The molecule has 82 valence electrons. The van der Waals surface area contributed by atoms with E-state index in [1.54, 1.807) is 0 Å². The molecule has 0 aromatic rings. The first-order valence-electron chi connectivity index (χ1n) is 4.45. The van der Waals surface area contributed by atoms with Crippen molar-refractivity contribution in [1.82, 2.24) is 3.71 Å². The Labute approximate surface area is 87.5 Å². The normalized spacial score (nSPS) is 15.9. The van der Waals surface area contributed by atoms with Crippen LogP contribution in [0.1, 0.15) is 6.42 Å². The van der Waals surface area contributed by atoms with Crippen LogP contribution in [0.2, 0.25) is 0 Å². The third-order valence-corrected chi connectivity index (χ3v) is 7.23. The van der Waals surface area contributed by atoms with E-state index in [0.717, 1.165) is 6.42 Å². The second kappa shape index (κ2) is 4.76. The SMILES string of the molecule is C=CCCN(S(C)(C)C)S(C)(C)C. The van der Waals surface area contributed by atoms with Gasteiger partial charge in [-0.3, -0.25) is 0 Å². The van der Waals surface area contributed by atoms with Crippen molar-refractivity contribution in [2.24, 2.45) is 0 Å². The molecule has 0 amide bonds. The second-order valence-corrected chi connectivity index (χ2v) is 12.9. The predicted octanol–water partition coefficient (Wildman–Crippen LogP) is 3.08. The summed E-state index contributed by atoms with van der Waals surface area (Å²) in [6.45, 7) is 4.96. The fourth-order valence-electron chi connectivity index (χ4n) is 1.42. The van der Waals surface area contributed by atoms with Crippen molar-refractivity contribution in [2.75, 3.05) is 44.1 Å². The van der Waals surface area contributed by atoms with Crippen molar-refractivity contribution >= 4 is 20.4 Å².